The lowest BCUT2D eigenvalue weighted by Crippen LogP contribution is -2.33. The van der Waals surface area contributed by atoms with Crippen molar-refractivity contribution in [2.45, 2.75) is 84.3 Å². The van der Waals surface area contributed by atoms with E-state index in [9.17, 15) is 14.4 Å². The Hall–Kier alpha value is -3.00. The van der Waals surface area contributed by atoms with E-state index in [2.05, 4.69) is 24.1 Å². The highest BCUT2D eigenvalue weighted by Crippen LogP contribution is 2.30. The van der Waals surface area contributed by atoms with Crippen LogP contribution in [0.25, 0.3) is 10.2 Å². The Kier molecular flexibility index (Phi) is 7.69. The van der Waals surface area contributed by atoms with Crippen LogP contribution >= 0.6 is 11.3 Å². The maximum Gasteiger partial charge on any atom is 0.348 e. The van der Waals surface area contributed by atoms with Crippen LogP contribution in [0.1, 0.15) is 92.1 Å². The molecule has 35 heavy (non-hydrogen) atoms. The number of thiophene rings is 1. The lowest BCUT2D eigenvalue weighted by molar-refractivity contribution is -0.119. The number of hydrogen-bond acceptors (Lipinski definition) is 6. The van der Waals surface area contributed by atoms with E-state index in [0.717, 1.165) is 36.9 Å². The molecule has 1 unspecified atom stereocenters. The second-order valence-corrected chi connectivity index (χ2v) is 10.5. The third-order valence-electron chi connectivity index (χ3n) is 6.75. The summed E-state index contributed by atoms with van der Waals surface area (Å²) in [6.07, 6.45) is 6.85. The average molecular weight is 496 g/mol. The van der Waals surface area contributed by atoms with Gasteiger partial charge in [-0.05, 0) is 62.1 Å². The molecule has 1 aliphatic rings. The molecule has 7 nitrogen and oxygen atoms in total. The van der Waals surface area contributed by atoms with Gasteiger partial charge in [-0.15, -0.1) is 11.3 Å². The number of carbonyl (C=O) groups excluding carboxylic acids is 2. The molecule has 2 heterocycles. The van der Waals surface area contributed by atoms with Crippen molar-refractivity contribution in [3.63, 3.8) is 0 Å². The Morgan fingerprint density at radius 1 is 1.20 bits per heavy atom. The van der Waals surface area contributed by atoms with Gasteiger partial charge in [0.25, 0.3) is 5.56 Å². The number of rotatable bonds is 7. The van der Waals surface area contributed by atoms with E-state index < -0.39 is 12.0 Å². The van der Waals surface area contributed by atoms with Crippen molar-refractivity contribution in [3.8, 4) is 0 Å². The van der Waals surface area contributed by atoms with Gasteiger partial charge in [0.05, 0.1) is 11.7 Å². The zero-order chi connectivity index (χ0) is 25.1. The third kappa shape index (κ3) is 5.17. The number of aromatic nitrogens is 2. The molecule has 1 N–H and O–H groups in total. The largest absolute Gasteiger partial charge is 0.458 e. The Bertz CT molecular complexity index is 1290. The summed E-state index contributed by atoms with van der Waals surface area (Å²) < 4.78 is 7.11. The molecule has 4 rings (SSSR count). The van der Waals surface area contributed by atoms with Gasteiger partial charge in [-0.25, -0.2) is 9.78 Å². The van der Waals surface area contributed by atoms with Crippen LogP contribution in [0.15, 0.2) is 35.4 Å². The van der Waals surface area contributed by atoms with E-state index in [1.165, 1.54) is 28.7 Å². The van der Waals surface area contributed by atoms with Gasteiger partial charge in [-0.2, -0.15) is 0 Å². The minimum Gasteiger partial charge on any atom is -0.458 e. The van der Waals surface area contributed by atoms with Crippen molar-refractivity contribution in [1.82, 2.24) is 9.55 Å². The number of anilines is 1. The van der Waals surface area contributed by atoms with E-state index >= 15 is 0 Å². The molecule has 1 saturated carbocycles. The molecule has 8 heteroatoms. The van der Waals surface area contributed by atoms with Gasteiger partial charge in [0.2, 0.25) is 5.91 Å². The molecule has 1 fully saturated rings. The van der Waals surface area contributed by atoms with E-state index in [0.29, 0.717) is 27.1 Å². The number of fused-ring (bicyclic) bond motifs is 1. The quantitative estimate of drug-likeness (QED) is 0.408. The first kappa shape index (κ1) is 25.1. The second kappa shape index (κ2) is 10.7. The molecule has 186 valence electrons. The highest BCUT2D eigenvalue weighted by atomic mass is 32.1. The predicted octanol–water partition coefficient (Wildman–Crippen LogP) is 5.97. The number of hydrogen-bond donors (Lipinski definition) is 1. The zero-order valence-corrected chi connectivity index (χ0v) is 21.6. The molecule has 0 saturated heterocycles. The predicted molar refractivity (Wildman–Crippen MR) is 139 cm³/mol. The molecule has 1 aromatic carbocycles. The van der Waals surface area contributed by atoms with Crippen LogP contribution in [-0.4, -0.2) is 27.5 Å². The standard InChI is InChI=1S/C27H33N3O4S/c1-5-21(24(31)29-20-14-10-9-13-19(20)16(2)3)30-15-28-25-22(26(30)32)17(4)23(35-25)27(33)34-18-11-7-6-8-12-18/h9-10,13-16,18,21H,5-8,11-12H2,1-4H3,(H,29,31). The summed E-state index contributed by atoms with van der Waals surface area (Å²) >= 11 is 1.18. The Morgan fingerprint density at radius 3 is 2.60 bits per heavy atom. The Balaban J connectivity index is 1.63. The molecular formula is C27H33N3O4S. The second-order valence-electron chi connectivity index (χ2n) is 9.51. The number of aryl methyl sites for hydroxylation is 1. The fourth-order valence-electron chi connectivity index (χ4n) is 4.78. The molecule has 2 aromatic heterocycles. The first-order valence-corrected chi connectivity index (χ1v) is 13.2. The van der Waals surface area contributed by atoms with E-state index in [1.807, 2.05) is 31.2 Å². The third-order valence-corrected chi connectivity index (χ3v) is 7.93. The minimum absolute atomic E-state index is 0.0626. The number of benzene rings is 1. The Labute approximate surface area is 209 Å². The van der Waals surface area contributed by atoms with Crippen LogP contribution in [0, 0.1) is 6.92 Å². The summed E-state index contributed by atoms with van der Waals surface area (Å²) in [5.41, 5.74) is 2.02. The van der Waals surface area contributed by atoms with E-state index in [1.54, 1.807) is 6.92 Å². The first-order chi connectivity index (χ1) is 16.8. The van der Waals surface area contributed by atoms with Crippen LogP contribution in [0.2, 0.25) is 0 Å². The molecule has 0 radical (unpaired) electrons. The SMILES string of the molecule is CCC(C(=O)Nc1ccccc1C(C)C)n1cnc2sc(C(=O)OC3CCCCC3)c(C)c2c1=O. The molecule has 1 atom stereocenters. The fraction of sp³-hybridized carbons (Fsp3) is 0.481. The summed E-state index contributed by atoms with van der Waals surface area (Å²) in [6, 6.07) is 6.96. The van der Waals surface area contributed by atoms with Gasteiger partial charge >= 0.3 is 5.97 Å². The average Bonchev–Trinajstić information content (AvgIpc) is 3.19. The van der Waals surface area contributed by atoms with Crippen molar-refractivity contribution < 1.29 is 14.3 Å². The maximum absolute atomic E-state index is 13.5. The summed E-state index contributed by atoms with van der Waals surface area (Å²) in [6.45, 7) is 7.76. The maximum atomic E-state index is 13.5. The normalized spacial score (nSPS) is 15.3. The van der Waals surface area contributed by atoms with Crippen molar-refractivity contribution in [2.24, 2.45) is 0 Å². The minimum atomic E-state index is -0.725. The summed E-state index contributed by atoms with van der Waals surface area (Å²) in [4.78, 5) is 45.0. The topological polar surface area (TPSA) is 90.3 Å². The van der Waals surface area contributed by atoms with Gasteiger partial charge in [-0.1, -0.05) is 45.4 Å². The number of nitrogens with one attached hydrogen (secondary N) is 1. The molecule has 3 aromatic rings. The summed E-state index contributed by atoms with van der Waals surface area (Å²) in [5, 5.41) is 3.38. The van der Waals surface area contributed by atoms with Gasteiger partial charge in [0.15, 0.2) is 0 Å². The first-order valence-electron chi connectivity index (χ1n) is 12.4. The molecular weight excluding hydrogens is 462 g/mol. The van der Waals surface area contributed by atoms with Gasteiger partial charge < -0.3 is 10.1 Å². The van der Waals surface area contributed by atoms with Crippen molar-refractivity contribution in [1.29, 1.82) is 0 Å². The Morgan fingerprint density at radius 2 is 1.91 bits per heavy atom. The van der Waals surface area contributed by atoms with Crippen LogP contribution in [0.4, 0.5) is 5.69 Å². The lowest BCUT2D eigenvalue weighted by Gasteiger charge is -2.21. The molecule has 1 amide bonds. The van der Waals surface area contributed by atoms with E-state index in [-0.39, 0.29) is 23.5 Å². The molecule has 1 aliphatic carbocycles. The number of amides is 1. The summed E-state index contributed by atoms with van der Waals surface area (Å²) in [7, 11) is 0. The monoisotopic (exact) mass is 495 g/mol. The van der Waals surface area contributed by atoms with Crippen LogP contribution in [0.3, 0.4) is 0 Å². The van der Waals surface area contributed by atoms with Crippen molar-refractivity contribution >= 4 is 39.1 Å². The number of ether oxygens (including phenoxy) is 1. The van der Waals surface area contributed by atoms with Crippen molar-refractivity contribution in [3.05, 3.63) is 57.0 Å². The molecule has 0 bridgehead atoms. The highest BCUT2D eigenvalue weighted by Gasteiger charge is 2.27. The van der Waals surface area contributed by atoms with Gasteiger partial charge in [0, 0.05) is 5.69 Å². The number of esters is 1. The zero-order valence-electron chi connectivity index (χ0n) is 20.8. The molecule has 0 aliphatic heterocycles. The van der Waals surface area contributed by atoms with Gasteiger partial charge in [-0.3, -0.25) is 14.2 Å². The lowest BCUT2D eigenvalue weighted by atomic mass is 9.98. The number of para-hydroxylation sites is 1. The molecule has 0 spiro atoms. The van der Waals surface area contributed by atoms with Gasteiger partial charge in [0.1, 0.15) is 21.9 Å². The number of nitrogens with zero attached hydrogens (tertiary/aromatic N) is 2. The van der Waals surface area contributed by atoms with Crippen LogP contribution in [-0.2, 0) is 9.53 Å². The number of carbonyl (C=O) groups is 2. The van der Waals surface area contributed by atoms with Crippen molar-refractivity contribution in [2.75, 3.05) is 5.32 Å². The summed E-state index contributed by atoms with van der Waals surface area (Å²) in [5.74, 6) is -0.417. The van der Waals surface area contributed by atoms with Crippen LogP contribution < -0.4 is 10.9 Å². The highest BCUT2D eigenvalue weighted by molar-refractivity contribution is 7.20. The smallest absolute Gasteiger partial charge is 0.348 e. The fourth-order valence-corrected chi connectivity index (χ4v) is 5.80. The van der Waals surface area contributed by atoms with E-state index in [4.69, 9.17) is 4.74 Å². The van der Waals surface area contributed by atoms with Crippen LogP contribution in [0.5, 0.6) is 0 Å².